The van der Waals surface area contributed by atoms with E-state index < -0.39 is 0 Å². The van der Waals surface area contributed by atoms with Crippen LogP contribution in [0.25, 0.3) is 11.4 Å². The van der Waals surface area contributed by atoms with Crippen molar-refractivity contribution >= 4 is 0 Å². The van der Waals surface area contributed by atoms with Gasteiger partial charge in [0.05, 0.1) is 12.7 Å². The van der Waals surface area contributed by atoms with Crippen molar-refractivity contribution in [2.45, 2.75) is 44.2 Å². The minimum absolute atomic E-state index is 0.0122. The summed E-state index contributed by atoms with van der Waals surface area (Å²) >= 11 is 0. The van der Waals surface area contributed by atoms with Crippen molar-refractivity contribution in [2.75, 3.05) is 26.8 Å². The van der Waals surface area contributed by atoms with Crippen molar-refractivity contribution in [2.24, 2.45) is 5.92 Å². The number of methoxy groups -OCH3 is 1. The number of ether oxygens (including phenoxy) is 2. The zero-order valence-corrected chi connectivity index (χ0v) is 18.6. The van der Waals surface area contributed by atoms with Gasteiger partial charge >= 0.3 is 0 Å². The normalized spacial score (nSPS) is 21.0. The Balaban J connectivity index is 1.16. The molecular weight excluding hydrogens is 404 g/mol. The smallest absolute Gasteiger partial charge is 0.227 e. The van der Waals surface area contributed by atoms with Crippen LogP contribution in [0.5, 0.6) is 5.75 Å². The highest BCUT2D eigenvalue weighted by atomic mass is 16.5. The van der Waals surface area contributed by atoms with Crippen LogP contribution in [-0.2, 0) is 17.7 Å². The van der Waals surface area contributed by atoms with Crippen molar-refractivity contribution in [3.63, 3.8) is 0 Å². The van der Waals surface area contributed by atoms with E-state index in [1.54, 1.807) is 19.5 Å². The summed E-state index contributed by atoms with van der Waals surface area (Å²) in [6.07, 6.45) is 8.55. The van der Waals surface area contributed by atoms with Crippen molar-refractivity contribution in [3.8, 4) is 17.1 Å². The second-order valence-corrected chi connectivity index (χ2v) is 8.97. The summed E-state index contributed by atoms with van der Waals surface area (Å²) in [5.41, 5.74) is 2.22. The van der Waals surface area contributed by atoms with Gasteiger partial charge in [0.15, 0.2) is 0 Å². The third-order valence-electron chi connectivity index (χ3n) is 6.77. The molecule has 0 bridgehead atoms. The number of aromatic nitrogens is 3. The molecular formula is C25H30N4O3. The lowest BCUT2D eigenvalue weighted by molar-refractivity contribution is -0.128. The molecule has 1 aromatic carbocycles. The van der Waals surface area contributed by atoms with Gasteiger partial charge in [-0.3, -0.25) is 9.88 Å². The molecule has 0 aliphatic carbocycles. The second-order valence-electron chi connectivity index (χ2n) is 8.97. The molecule has 1 spiro atoms. The summed E-state index contributed by atoms with van der Waals surface area (Å²) in [6.45, 7) is 3.87. The largest absolute Gasteiger partial charge is 0.497 e. The average Bonchev–Trinajstić information content (AvgIpc) is 3.30. The van der Waals surface area contributed by atoms with Crippen LogP contribution < -0.4 is 4.74 Å². The molecule has 2 saturated heterocycles. The fraction of sp³-hybridized carbons (Fsp3) is 0.480. The SMILES string of the molecule is COc1cccc(CN2CCC3(CC2)CC(Cc2nc(-c4ccncc4)no2)CCO3)c1. The highest BCUT2D eigenvalue weighted by Gasteiger charge is 2.40. The fourth-order valence-electron chi connectivity index (χ4n) is 5.00. The molecule has 0 radical (unpaired) electrons. The molecule has 5 rings (SSSR count). The van der Waals surface area contributed by atoms with Crippen LogP contribution in [0.2, 0.25) is 0 Å². The first-order valence-electron chi connectivity index (χ1n) is 11.4. The standard InChI is InChI=1S/C25H30N4O3/c1-30-22-4-2-3-20(15-22)18-29-12-8-25(9-13-29)17-19(7-14-31-25)16-23-27-24(28-32-23)21-5-10-26-11-6-21/h2-6,10-11,15,19H,7-9,12-14,16-18H2,1H3. The molecule has 4 heterocycles. The number of rotatable bonds is 6. The third kappa shape index (κ3) is 4.84. The summed E-state index contributed by atoms with van der Waals surface area (Å²) < 4.78 is 17.3. The van der Waals surface area contributed by atoms with Gasteiger partial charge in [-0.2, -0.15) is 4.98 Å². The molecule has 0 N–H and O–H groups in total. The highest BCUT2D eigenvalue weighted by molar-refractivity contribution is 5.52. The Morgan fingerprint density at radius 1 is 1.16 bits per heavy atom. The van der Waals surface area contributed by atoms with Gasteiger partial charge in [-0.15, -0.1) is 0 Å². The maximum absolute atomic E-state index is 6.36. The van der Waals surface area contributed by atoms with Gasteiger partial charge in [0.1, 0.15) is 5.75 Å². The van der Waals surface area contributed by atoms with Gasteiger partial charge in [-0.1, -0.05) is 17.3 Å². The number of hydrogen-bond donors (Lipinski definition) is 0. The molecule has 1 atom stereocenters. The summed E-state index contributed by atoms with van der Waals surface area (Å²) in [5, 5.41) is 4.16. The maximum Gasteiger partial charge on any atom is 0.227 e. The third-order valence-corrected chi connectivity index (χ3v) is 6.77. The minimum Gasteiger partial charge on any atom is -0.497 e. The van der Waals surface area contributed by atoms with Crippen LogP contribution in [0.4, 0.5) is 0 Å². The Kier molecular flexibility index (Phi) is 6.19. The van der Waals surface area contributed by atoms with Crippen LogP contribution in [-0.4, -0.2) is 52.4 Å². The molecule has 7 heteroatoms. The highest BCUT2D eigenvalue weighted by Crippen LogP contribution is 2.39. The number of pyridine rings is 1. The lowest BCUT2D eigenvalue weighted by atomic mass is 9.78. The number of hydrogen-bond acceptors (Lipinski definition) is 7. The zero-order chi connectivity index (χ0) is 21.8. The van der Waals surface area contributed by atoms with Crippen LogP contribution in [0, 0.1) is 5.92 Å². The topological polar surface area (TPSA) is 73.5 Å². The second kappa shape index (κ2) is 9.38. The minimum atomic E-state index is -0.0122. The molecule has 0 amide bonds. The Labute approximate surface area is 188 Å². The Morgan fingerprint density at radius 2 is 2.00 bits per heavy atom. The van der Waals surface area contributed by atoms with E-state index in [4.69, 9.17) is 14.0 Å². The summed E-state index contributed by atoms with van der Waals surface area (Å²) in [6, 6.07) is 12.2. The van der Waals surface area contributed by atoms with Crippen molar-refractivity contribution < 1.29 is 14.0 Å². The van der Waals surface area contributed by atoms with E-state index in [-0.39, 0.29) is 5.60 Å². The summed E-state index contributed by atoms with van der Waals surface area (Å²) in [7, 11) is 1.72. The maximum atomic E-state index is 6.36. The van der Waals surface area contributed by atoms with Crippen molar-refractivity contribution in [1.29, 1.82) is 0 Å². The monoisotopic (exact) mass is 434 g/mol. The van der Waals surface area contributed by atoms with Crippen LogP contribution in [0.3, 0.4) is 0 Å². The van der Waals surface area contributed by atoms with Crippen molar-refractivity contribution in [3.05, 3.63) is 60.2 Å². The molecule has 2 fully saturated rings. The molecule has 2 aromatic heterocycles. The van der Waals surface area contributed by atoms with Gasteiger partial charge in [0, 0.05) is 50.6 Å². The number of benzene rings is 1. The van der Waals surface area contributed by atoms with E-state index in [1.165, 1.54) is 5.56 Å². The number of piperidine rings is 1. The summed E-state index contributed by atoms with van der Waals surface area (Å²) in [4.78, 5) is 11.2. The number of nitrogens with zero attached hydrogens (tertiary/aromatic N) is 4. The predicted octanol–water partition coefficient (Wildman–Crippen LogP) is 4.14. The molecule has 168 valence electrons. The summed E-state index contributed by atoms with van der Waals surface area (Å²) in [5.74, 6) is 2.78. The molecule has 1 unspecified atom stereocenters. The Bertz CT molecular complexity index is 1010. The first-order chi connectivity index (χ1) is 15.7. The van der Waals surface area contributed by atoms with Crippen molar-refractivity contribution in [1.82, 2.24) is 20.0 Å². The van der Waals surface area contributed by atoms with Gasteiger partial charge < -0.3 is 14.0 Å². The Morgan fingerprint density at radius 3 is 2.81 bits per heavy atom. The van der Waals surface area contributed by atoms with Gasteiger partial charge in [0.2, 0.25) is 11.7 Å². The lowest BCUT2D eigenvalue weighted by Gasteiger charge is -2.46. The first-order valence-corrected chi connectivity index (χ1v) is 11.4. The first kappa shape index (κ1) is 21.1. The fourth-order valence-corrected chi connectivity index (χ4v) is 5.00. The van der Waals surface area contributed by atoms with Crippen LogP contribution in [0.1, 0.15) is 37.1 Å². The molecule has 2 aliphatic rings. The van der Waals surface area contributed by atoms with Crippen LogP contribution >= 0.6 is 0 Å². The Hall–Kier alpha value is -2.77. The predicted molar refractivity (Wildman–Crippen MR) is 120 cm³/mol. The molecule has 32 heavy (non-hydrogen) atoms. The average molecular weight is 435 g/mol. The zero-order valence-electron chi connectivity index (χ0n) is 18.6. The molecule has 7 nitrogen and oxygen atoms in total. The van der Waals surface area contributed by atoms with E-state index in [2.05, 4.69) is 38.2 Å². The van der Waals surface area contributed by atoms with Crippen LogP contribution in [0.15, 0.2) is 53.3 Å². The van der Waals surface area contributed by atoms with E-state index >= 15 is 0 Å². The number of likely N-dealkylation sites (tertiary alicyclic amines) is 1. The van der Waals surface area contributed by atoms with E-state index in [1.807, 2.05) is 18.2 Å². The van der Waals surface area contributed by atoms with Gasteiger partial charge in [-0.05, 0) is 61.4 Å². The molecule has 0 saturated carbocycles. The van der Waals surface area contributed by atoms with E-state index in [9.17, 15) is 0 Å². The molecule has 3 aromatic rings. The van der Waals surface area contributed by atoms with Gasteiger partial charge in [-0.25, -0.2) is 0 Å². The molecule has 2 aliphatic heterocycles. The van der Waals surface area contributed by atoms with E-state index in [0.29, 0.717) is 17.6 Å². The quantitative estimate of drug-likeness (QED) is 0.577. The van der Waals surface area contributed by atoms with Gasteiger partial charge in [0.25, 0.3) is 0 Å². The lowest BCUT2D eigenvalue weighted by Crippen LogP contribution is -2.49. The van der Waals surface area contributed by atoms with E-state index in [0.717, 1.165) is 69.7 Å².